The molecule has 0 amide bonds. The second kappa shape index (κ2) is 6.29. The maximum absolute atomic E-state index is 5.35. The van der Waals surface area contributed by atoms with Crippen LogP contribution in [0, 0.1) is 13.8 Å². The van der Waals surface area contributed by atoms with Crippen LogP contribution in [0.25, 0.3) is 16.8 Å². The largest absolute Gasteiger partial charge is 0.497 e. The molecule has 0 spiro atoms. The fourth-order valence-electron chi connectivity index (χ4n) is 2.96. The van der Waals surface area contributed by atoms with E-state index in [1.54, 1.807) is 7.11 Å². The topological polar surface area (TPSA) is 27.1 Å². The minimum absolute atomic E-state index is 0.862. The molecule has 3 aromatic rings. The van der Waals surface area contributed by atoms with E-state index >= 15 is 0 Å². The first-order valence-corrected chi connectivity index (χ1v) is 7.94. The van der Waals surface area contributed by atoms with E-state index in [4.69, 9.17) is 9.84 Å². The van der Waals surface area contributed by atoms with Crippen LogP contribution < -0.4 is 4.74 Å². The van der Waals surface area contributed by atoms with E-state index in [1.165, 1.54) is 11.1 Å². The highest BCUT2D eigenvalue weighted by molar-refractivity contribution is 5.70. The van der Waals surface area contributed by atoms with Gasteiger partial charge >= 0.3 is 0 Å². The van der Waals surface area contributed by atoms with E-state index in [-0.39, 0.29) is 0 Å². The molecule has 0 N–H and O–H groups in total. The summed E-state index contributed by atoms with van der Waals surface area (Å²) in [5, 5.41) is 4.74. The monoisotopic (exact) mass is 306 g/mol. The van der Waals surface area contributed by atoms with Crippen molar-refractivity contribution >= 4 is 0 Å². The highest BCUT2D eigenvalue weighted by Crippen LogP contribution is 2.30. The van der Waals surface area contributed by atoms with Crippen LogP contribution in [-0.2, 0) is 6.42 Å². The average molecular weight is 306 g/mol. The van der Waals surface area contributed by atoms with Crippen LogP contribution in [0.5, 0.6) is 5.75 Å². The number of benzene rings is 2. The molecule has 23 heavy (non-hydrogen) atoms. The Labute approximate surface area is 137 Å². The second-order valence-corrected chi connectivity index (χ2v) is 5.71. The fraction of sp³-hybridized carbons (Fsp3) is 0.250. The highest BCUT2D eigenvalue weighted by atomic mass is 16.5. The van der Waals surface area contributed by atoms with Gasteiger partial charge in [-0.05, 0) is 55.7 Å². The minimum Gasteiger partial charge on any atom is -0.497 e. The van der Waals surface area contributed by atoms with Crippen molar-refractivity contribution in [1.82, 2.24) is 9.78 Å². The van der Waals surface area contributed by atoms with Crippen molar-refractivity contribution in [2.24, 2.45) is 0 Å². The number of rotatable bonds is 4. The molecule has 0 unspecified atom stereocenters. The zero-order chi connectivity index (χ0) is 16.4. The molecule has 0 saturated carbocycles. The van der Waals surface area contributed by atoms with Gasteiger partial charge in [0.15, 0.2) is 0 Å². The summed E-state index contributed by atoms with van der Waals surface area (Å²) >= 11 is 0. The summed E-state index contributed by atoms with van der Waals surface area (Å²) in [7, 11) is 1.69. The van der Waals surface area contributed by atoms with Gasteiger partial charge in [-0.2, -0.15) is 5.10 Å². The molecule has 1 aromatic heterocycles. The zero-order valence-electron chi connectivity index (χ0n) is 14.1. The molecule has 0 saturated heterocycles. The first kappa shape index (κ1) is 15.3. The SMILES string of the molecule is CCc1ccc(-n2nc(C)c(-c3cccc(OC)c3)c2C)cc1. The molecule has 0 radical (unpaired) electrons. The first-order valence-electron chi connectivity index (χ1n) is 7.94. The molecule has 3 rings (SSSR count). The van der Waals surface area contributed by atoms with E-state index in [0.29, 0.717) is 0 Å². The molecule has 118 valence electrons. The predicted molar refractivity (Wildman–Crippen MR) is 94.4 cm³/mol. The molecule has 0 atom stereocenters. The summed E-state index contributed by atoms with van der Waals surface area (Å²) in [5.41, 5.74) is 6.90. The number of aromatic nitrogens is 2. The van der Waals surface area contributed by atoms with Crippen LogP contribution in [0.1, 0.15) is 23.9 Å². The van der Waals surface area contributed by atoms with Crippen molar-refractivity contribution in [1.29, 1.82) is 0 Å². The standard InChI is InChI=1S/C20H22N2O/c1-5-16-9-11-18(12-10-16)22-15(3)20(14(2)21-22)17-7-6-8-19(13-17)23-4/h6-13H,5H2,1-4H3. The summed E-state index contributed by atoms with van der Waals surface area (Å²) in [6.07, 6.45) is 1.05. The van der Waals surface area contributed by atoms with Gasteiger partial charge in [0.25, 0.3) is 0 Å². The normalized spacial score (nSPS) is 10.8. The summed E-state index contributed by atoms with van der Waals surface area (Å²) in [4.78, 5) is 0. The maximum Gasteiger partial charge on any atom is 0.119 e. The van der Waals surface area contributed by atoms with E-state index in [0.717, 1.165) is 34.8 Å². The number of ether oxygens (including phenoxy) is 1. The van der Waals surface area contributed by atoms with Gasteiger partial charge in [-0.25, -0.2) is 4.68 Å². The van der Waals surface area contributed by atoms with Gasteiger partial charge < -0.3 is 4.74 Å². The second-order valence-electron chi connectivity index (χ2n) is 5.71. The quantitative estimate of drug-likeness (QED) is 0.697. The average Bonchev–Trinajstić information content (AvgIpc) is 2.89. The molecule has 3 heteroatoms. The zero-order valence-corrected chi connectivity index (χ0v) is 14.1. The molecule has 0 aliphatic heterocycles. The van der Waals surface area contributed by atoms with Crippen LogP contribution >= 0.6 is 0 Å². The van der Waals surface area contributed by atoms with Crippen molar-refractivity contribution < 1.29 is 4.74 Å². The van der Waals surface area contributed by atoms with Gasteiger partial charge in [0.05, 0.1) is 18.5 Å². The molecular formula is C20H22N2O. The Bertz CT molecular complexity index is 816. The summed E-state index contributed by atoms with van der Waals surface area (Å²) < 4.78 is 7.36. The van der Waals surface area contributed by atoms with Gasteiger partial charge in [0.1, 0.15) is 5.75 Å². The van der Waals surface area contributed by atoms with E-state index < -0.39 is 0 Å². The number of methoxy groups -OCH3 is 1. The van der Waals surface area contributed by atoms with Crippen molar-refractivity contribution in [3.05, 3.63) is 65.5 Å². The summed E-state index contributed by atoms with van der Waals surface area (Å²) in [6.45, 7) is 6.33. The van der Waals surface area contributed by atoms with E-state index in [2.05, 4.69) is 57.2 Å². The Morgan fingerprint density at radius 2 is 1.78 bits per heavy atom. The fourth-order valence-corrected chi connectivity index (χ4v) is 2.96. The Kier molecular flexibility index (Phi) is 4.20. The molecule has 0 bridgehead atoms. The van der Waals surface area contributed by atoms with Crippen molar-refractivity contribution in [2.75, 3.05) is 7.11 Å². The molecule has 0 aliphatic rings. The predicted octanol–water partition coefficient (Wildman–Crippen LogP) is 4.73. The Hall–Kier alpha value is -2.55. The van der Waals surface area contributed by atoms with Crippen LogP contribution in [0.3, 0.4) is 0 Å². The van der Waals surface area contributed by atoms with Gasteiger partial charge in [0, 0.05) is 11.3 Å². The molecule has 2 aromatic carbocycles. The van der Waals surface area contributed by atoms with Gasteiger partial charge in [0.2, 0.25) is 0 Å². The van der Waals surface area contributed by atoms with Crippen molar-refractivity contribution in [2.45, 2.75) is 27.2 Å². The van der Waals surface area contributed by atoms with E-state index in [1.807, 2.05) is 16.8 Å². The van der Waals surface area contributed by atoms with Gasteiger partial charge in [-0.15, -0.1) is 0 Å². The lowest BCUT2D eigenvalue weighted by molar-refractivity contribution is 0.415. The van der Waals surface area contributed by atoms with E-state index in [9.17, 15) is 0 Å². The van der Waals surface area contributed by atoms with Gasteiger partial charge in [-0.1, -0.05) is 31.2 Å². The lowest BCUT2D eigenvalue weighted by Gasteiger charge is -2.07. The number of hydrogen-bond donors (Lipinski definition) is 0. The third-order valence-corrected chi connectivity index (χ3v) is 4.24. The van der Waals surface area contributed by atoms with Crippen LogP contribution in [0.4, 0.5) is 0 Å². The Morgan fingerprint density at radius 3 is 2.43 bits per heavy atom. The minimum atomic E-state index is 0.862. The Morgan fingerprint density at radius 1 is 1.04 bits per heavy atom. The lowest BCUT2D eigenvalue weighted by atomic mass is 10.0. The summed E-state index contributed by atoms with van der Waals surface area (Å²) in [5.74, 6) is 0.862. The lowest BCUT2D eigenvalue weighted by Crippen LogP contribution is -1.99. The third-order valence-electron chi connectivity index (χ3n) is 4.24. The molecule has 0 fully saturated rings. The molecule has 1 heterocycles. The van der Waals surface area contributed by atoms with Crippen LogP contribution in [0.15, 0.2) is 48.5 Å². The molecule has 3 nitrogen and oxygen atoms in total. The van der Waals surface area contributed by atoms with Crippen molar-refractivity contribution in [3.63, 3.8) is 0 Å². The first-order chi connectivity index (χ1) is 11.1. The Balaban J connectivity index is 2.08. The summed E-state index contributed by atoms with van der Waals surface area (Å²) in [6, 6.07) is 16.7. The molecule has 0 aliphatic carbocycles. The smallest absolute Gasteiger partial charge is 0.119 e. The highest BCUT2D eigenvalue weighted by Gasteiger charge is 2.15. The van der Waals surface area contributed by atoms with Gasteiger partial charge in [-0.3, -0.25) is 0 Å². The maximum atomic E-state index is 5.35. The third kappa shape index (κ3) is 2.87. The molecular weight excluding hydrogens is 284 g/mol. The number of hydrogen-bond acceptors (Lipinski definition) is 2. The number of nitrogens with zero attached hydrogens (tertiary/aromatic N) is 2. The van der Waals surface area contributed by atoms with Crippen molar-refractivity contribution in [3.8, 4) is 22.6 Å². The van der Waals surface area contributed by atoms with Crippen LogP contribution in [0.2, 0.25) is 0 Å². The number of aryl methyl sites for hydroxylation is 2. The van der Waals surface area contributed by atoms with Crippen LogP contribution in [-0.4, -0.2) is 16.9 Å².